The van der Waals surface area contributed by atoms with Crippen LogP contribution in [0, 0.1) is 5.92 Å². The first-order valence-corrected chi connectivity index (χ1v) is 6.61. The Hall–Kier alpha value is -1.23. The lowest BCUT2D eigenvalue weighted by atomic mass is 10.1. The molecule has 0 saturated heterocycles. The predicted octanol–water partition coefficient (Wildman–Crippen LogP) is 3.44. The van der Waals surface area contributed by atoms with Gasteiger partial charge in [-0.1, -0.05) is 18.2 Å². The summed E-state index contributed by atoms with van der Waals surface area (Å²) in [5.41, 5.74) is 0.683. The Morgan fingerprint density at radius 3 is 2.63 bits per heavy atom. The molecule has 0 aliphatic heterocycles. The van der Waals surface area contributed by atoms with Gasteiger partial charge in [-0.2, -0.15) is 0 Å². The van der Waals surface area contributed by atoms with Gasteiger partial charge in [0.15, 0.2) is 0 Å². The molecule has 0 radical (unpaired) electrons. The molecule has 1 aromatic carbocycles. The number of hydrogen-bond acceptors (Lipinski definition) is 2. The lowest BCUT2D eigenvalue weighted by Crippen LogP contribution is -2.20. The summed E-state index contributed by atoms with van der Waals surface area (Å²) in [6.45, 7) is 0.898. The topological polar surface area (TPSA) is 21.3 Å². The highest BCUT2D eigenvalue weighted by Gasteiger charge is 2.42. The van der Waals surface area contributed by atoms with E-state index in [4.69, 9.17) is 0 Å². The summed E-state index contributed by atoms with van der Waals surface area (Å²) in [5.74, 6) is 0.595. The van der Waals surface area contributed by atoms with Crippen LogP contribution >= 0.6 is 0 Å². The van der Waals surface area contributed by atoms with Gasteiger partial charge in [0.25, 0.3) is 0 Å². The van der Waals surface area contributed by atoms with E-state index in [1.165, 1.54) is 18.9 Å². The number of hydrogen-bond donors (Lipinski definition) is 1. The van der Waals surface area contributed by atoms with E-state index in [0.29, 0.717) is 17.5 Å². The molecular weight excluding hydrogens is 255 g/mol. The van der Waals surface area contributed by atoms with Crippen LogP contribution < -0.4 is 10.1 Å². The van der Waals surface area contributed by atoms with E-state index in [2.05, 4.69) is 10.1 Å². The molecule has 0 heterocycles. The molecule has 1 N–H and O–H groups in total. The Bertz CT molecular complexity index is 456. The fraction of sp³-hybridized carbons (Fsp3) is 0.571. The van der Waals surface area contributed by atoms with Crippen molar-refractivity contribution in [1.82, 2.24) is 5.32 Å². The van der Waals surface area contributed by atoms with Crippen molar-refractivity contribution in [3.63, 3.8) is 0 Å². The third-order valence-corrected chi connectivity index (χ3v) is 3.71. The van der Waals surface area contributed by atoms with Crippen molar-refractivity contribution in [3.8, 4) is 5.75 Å². The second-order valence-electron chi connectivity index (χ2n) is 5.37. The van der Waals surface area contributed by atoms with Crippen LogP contribution in [0.5, 0.6) is 5.75 Å². The second-order valence-corrected chi connectivity index (χ2v) is 5.37. The van der Waals surface area contributed by atoms with E-state index in [1.54, 1.807) is 18.2 Å². The zero-order valence-electron chi connectivity index (χ0n) is 10.4. The molecule has 0 amide bonds. The number of alkyl halides is 3. The Kier molecular flexibility index (Phi) is 3.17. The van der Waals surface area contributed by atoms with Gasteiger partial charge in [-0.25, -0.2) is 0 Å². The summed E-state index contributed by atoms with van der Waals surface area (Å²) < 4.78 is 41.1. The van der Waals surface area contributed by atoms with E-state index in [0.717, 1.165) is 13.0 Å². The third kappa shape index (κ3) is 3.41. The molecule has 2 nitrogen and oxygen atoms in total. The van der Waals surface area contributed by atoms with E-state index >= 15 is 0 Å². The van der Waals surface area contributed by atoms with Gasteiger partial charge in [0.2, 0.25) is 0 Å². The molecular formula is C14H16F3NO. The van der Waals surface area contributed by atoms with Crippen LogP contribution in [0.2, 0.25) is 0 Å². The number of benzene rings is 1. The predicted molar refractivity (Wildman–Crippen MR) is 65.0 cm³/mol. The molecule has 2 aliphatic rings. The van der Waals surface area contributed by atoms with Gasteiger partial charge in [-0.15, -0.1) is 13.2 Å². The number of nitrogens with one attached hydrogen (secondary N) is 1. The number of para-hydroxylation sites is 1. The van der Waals surface area contributed by atoms with Gasteiger partial charge < -0.3 is 10.1 Å². The summed E-state index contributed by atoms with van der Waals surface area (Å²) in [5, 5.41) is 3.42. The first-order chi connectivity index (χ1) is 9.03. The van der Waals surface area contributed by atoms with Crippen LogP contribution in [-0.4, -0.2) is 18.9 Å². The van der Waals surface area contributed by atoms with Crippen molar-refractivity contribution in [3.05, 3.63) is 29.8 Å². The van der Waals surface area contributed by atoms with Gasteiger partial charge in [-0.05, 0) is 49.3 Å². The molecule has 0 bridgehead atoms. The van der Waals surface area contributed by atoms with Gasteiger partial charge in [0, 0.05) is 6.04 Å². The molecule has 2 fully saturated rings. The van der Waals surface area contributed by atoms with Crippen molar-refractivity contribution in [2.75, 3.05) is 6.54 Å². The Morgan fingerprint density at radius 1 is 1.21 bits per heavy atom. The van der Waals surface area contributed by atoms with Gasteiger partial charge >= 0.3 is 6.36 Å². The lowest BCUT2D eigenvalue weighted by molar-refractivity contribution is -0.274. The zero-order chi connectivity index (χ0) is 13.5. The maximum absolute atomic E-state index is 12.3. The first kappa shape index (κ1) is 12.8. The van der Waals surface area contributed by atoms with Crippen molar-refractivity contribution >= 4 is 0 Å². The molecule has 1 aromatic rings. The molecule has 2 atom stereocenters. The van der Waals surface area contributed by atoms with Crippen LogP contribution in [0.4, 0.5) is 13.2 Å². The molecule has 0 spiro atoms. The first-order valence-electron chi connectivity index (χ1n) is 6.61. The van der Waals surface area contributed by atoms with Crippen LogP contribution in [-0.2, 0) is 0 Å². The minimum Gasteiger partial charge on any atom is -0.405 e. The number of ether oxygens (including phenoxy) is 1. The monoisotopic (exact) mass is 271 g/mol. The second kappa shape index (κ2) is 4.71. The highest BCUT2D eigenvalue weighted by atomic mass is 19.4. The Labute approximate surface area is 109 Å². The van der Waals surface area contributed by atoms with Crippen LogP contribution in [0.15, 0.2) is 24.3 Å². The van der Waals surface area contributed by atoms with E-state index in [9.17, 15) is 13.2 Å². The third-order valence-electron chi connectivity index (χ3n) is 3.71. The van der Waals surface area contributed by atoms with E-state index in [1.807, 2.05) is 0 Å². The summed E-state index contributed by atoms with van der Waals surface area (Å²) >= 11 is 0. The maximum Gasteiger partial charge on any atom is 0.573 e. The molecule has 3 rings (SSSR count). The molecule has 0 aromatic heterocycles. The normalized spacial score (nSPS) is 26.3. The molecule has 5 heteroatoms. The minimum atomic E-state index is -4.62. The van der Waals surface area contributed by atoms with Crippen LogP contribution in [0.1, 0.15) is 30.7 Å². The zero-order valence-corrected chi connectivity index (χ0v) is 10.4. The van der Waals surface area contributed by atoms with Crippen molar-refractivity contribution < 1.29 is 17.9 Å². The SMILES string of the molecule is FC(F)(F)Oc1ccccc1C1CC1CNC1CC1. The van der Waals surface area contributed by atoms with Crippen LogP contribution in [0.25, 0.3) is 0 Å². The lowest BCUT2D eigenvalue weighted by Gasteiger charge is -2.13. The Morgan fingerprint density at radius 2 is 1.95 bits per heavy atom. The smallest absolute Gasteiger partial charge is 0.405 e. The summed E-state index contributed by atoms with van der Waals surface area (Å²) in [7, 11) is 0. The summed E-state index contributed by atoms with van der Waals surface area (Å²) in [6.07, 6.45) is -1.22. The van der Waals surface area contributed by atoms with Crippen LogP contribution in [0.3, 0.4) is 0 Å². The highest BCUT2D eigenvalue weighted by molar-refractivity contribution is 5.39. The van der Waals surface area contributed by atoms with E-state index in [-0.39, 0.29) is 11.7 Å². The summed E-state index contributed by atoms with van der Waals surface area (Å²) in [4.78, 5) is 0. The highest BCUT2D eigenvalue weighted by Crippen LogP contribution is 2.50. The Balaban J connectivity index is 1.64. The largest absolute Gasteiger partial charge is 0.573 e. The minimum absolute atomic E-state index is 0.0473. The van der Waals surface area contributed by atoms with Crippen molar-refractivity contribution in [1.29, 1.82) is 0 Å². The standard InChI is InChI=1S/C14H16F3NO/c15-14(16,17)19-13-4-2-1-3-11(13)12-7-9(12)8-18-10-5-6-10/h1-4,9-10,12,18H,5-8H2. The molecule has 2 saturated carbocycles. The average Bonchev–Trinajstić information content (AvgIpc) is 3.21. The van der Waals surface area contributed by atoms with Crippen molar-refractivity contribution in [2.24, 2.45) is 5.92 Å². The molecule has 2 unspecified atom stereocenters. The van der Waals surface area contributed by atoms with Gasteiger partial charge in [0.05, 0.1) is 0 Å². The molecule has 19 heavy (non-hydrogen) atoms. The summed E-state index contributed by atoms with van der Waals surface area (Å²) in [6, 6.07) is 7.12. The fourth-order valence-electron chi connectivity index (χ4n) is 2.46. The molecule has 104 valence electrons. The molecule has 2 aliphatic carbocycles. The number of halogens is 3. The number of rotatable bonds is 5. The maximum atomic E-state index is 12.3. The van der Waals surface area contributed by atoms with Gasteiger partial charge in [0.1, 0.15) is 5.75 Å². The fourth-order valence-corrected chi connectivity index (χ4v) is 2.46. The van der Waals surface area contributed by atoms with Crippen molar-refractivity contribution in [2.45, 2.75) is 37.6 Å². The van der Waals surface area contributed by atoms with E-state index < -0.39 is 6.36 Å². The van der Waals surface area contributed by atoms with Gasteiger partial charge in [-0.3, -0.25) is 0 Å². The average molecular weight is 271 g/mol. The quantitative estimate of drug-likeness (QED) is 0.885.